The summed E-state index contributed by atoms with van der Waals surface area (Å²) in [7, 11) is 0. The Morgan fingerprint density at radius 1 is 0.375 bits per heavy atom. The van der Waals surface area contributed by atoms with Crippen LogP contribution in [-0.2, 0) is 11.8 Å². The predicted molar refractivity (Wildman–Crippen MR) is 95.9 cm³/mol. The van der Waals surface area contributed by atoms with Gasteiger partial charge in [-0.1, -0.05) is 56.1 Å². The summed E-state index contributed by atoms with van der Waals surface area (Å²) in [5.74, 6) is -42.0. The molecule has 0 fully saturated rings. The summed E-state index contributed by atoms with van der Waals surface area (Å²) in [5, 5.41) is 0. The third-order valence-corrected chi connectivity index (χ3v) is 5.44. The SMILES string of the molecule is FC(F)(c1ccc(Br)cc1)C(F)(F)C(F)(F)C(F)(F)C(F)(F)C(F)(F)c1ccc(Br)cc1. The minimum atomic E-state index is -7.63. The van der Waals surface area contributed by atoms with Crippen molar-refractivity contribution in [2.75, 3.05) is 0 Å². The molecule has 0 bridgehead atoms. The van der Waals surface area contributed by atoms with Gasteiger partial charge in [-0.2, -0.15) is 52.7 Å². The number of halogens is 14. The van der Waals surface area contributed by atoms with Gasteiger partial charge >= 0.3 is 35.5 Å². The number of rotatable bonds is 7. The van der Waals surface area contributed by atoms with Crippen molar-refractivity contribution in [1.82, 2.24) is 0 Å². The molecule has 0 aliphatic rings. The standard InChI is InChI=1S/C18H8Br2F12/c19-11-5-1-9(2-6-11)13(21,22)15(25,26)17(29,30)18(31,32)16(27,28)14(23,24)10-3-7-12(20)8-4-10/h1-8H. The molecule has 0 spiro atoms. The van der Waals surface area contributed by atoms with E-state index in [0.717, 1.165) is 0 Å². The Bertz CT molecular complexity index is 873. The molecule has 2 rings (SSSR count). The van der Waals surface area contributed by atoms with E-state index in [1.165, 1.54) is 0 Å². The van der Waals surface area contributed by atoms with Gasteiger partial charge in [0, 0.05) is 20.1 Å². The molecule has 32 heavy (non-hydrogen) atoms. The molecular formula is C18H8Br2F12. The van der Waals surface area contributed by atoms with Crippen LogP contribution in [0.4, 0.5) is 52.7 Å². The summed E-state index contributed by atoms with van der Waals surface area (Å²) in [6.45, 7) is 0. The molecule has 178 valence electrons. The molecule has 2 aromatic rings. The second-order valence-electron chi connectivity index (χ2n) is 6.46. The minimum Gasteiger partial charge on any atom is -0.194 e. The fraction of sp³-hybridized carbons (Fsp3) is 0.333. The predicted octanol–water partition coefficient (Wildman–Crippen LogP) is 8.64. The maximum atomic E-state index is 14.1. The average molecular weight is 612 g/mol. The van der Waals surface area contributed by atoms with Gasteiger partial charge in [0.25, 0.3) is 0 Å². The van der Waals surface area contributed by atoms with Crippen molar-refractivity contribution in [2.45, 2.75) is 35.5 Å². The molecule has 0 atom stereocenters. The van der Waals surface area contributed by atoms with E-state index in [4.69, 9.17) is 0 Å². The molecule has 0 nitrogen and oxygen atoms in total. The van der Waals surface area contributed by atoms with Crippen molar-refractivity contribution < 1.29 is 52.7 Å². The fourth-order valence-electron chi connectivity index (χ4n) is 2.47. The molecule has 0 aliphatic heterocycles. The molecule has 0 amide bonds. The van der Waals surface area contributed by atoms with Crippen LogP contribution in [0, 0.1) is 0 Å². The zero-order valence-corrected chi connectivity index (χ0v) is 18.1. The smallest absolute Gasteiger partial charge is 0.194 e. The van der Waals surface area contributed by atoms with E-state index in [1.54, 1.807) is 0 Å². The highest BCUT2D eigenvalue weighted by molar-refractivity contribution is 9.10. The van der Waals surface area contributed by atoms with Gasteiger partial charge in [0.15, 0.2) is 0 Å². The number of hydrogen-bond donors (Lipinski definition) is 0. The molecule has 0 radical (unpaired) electrons. The molecule has 0 heterocycles. The first-order chi connectivity index (χ1) is 14.2. The van der Waals surface area contributed by atoms with Gasteiger partial charge in [-0.3, -0.25) is 0 Å². The van der Waals surface area contributed by atoms with E-state index in [2.05, 4.69) is 31.9 Å². The maximum absolute atomic E-state index is 14.1. The highest BCUT2D eigenvalue weighted by Crippen LogP contribution is 2.63. The lowest BCUT2D eigenvalue weighted by Gasteiger charge is -2.41. The highest BCUT2D eigenvalue weighted by Gasteiger charge is 2.90. The minimum absolute atomic E-state index is 0.00173. The Morgan fingerprint density at radius 3 is 0.812 bits per heavy atom. The van der Waals surface area contributed by atoms with Crippen LogP contribution in [-0.4, -0.2) is 23.7 Å². The van der Waals surface area contributed by atoms with E-state index < -0.39 is 46.7 Å². The zero-order chi connectivity index (χ0) is 25.0. The van der Waals surface area contributed by atoms with Crippen molar-refractivity contribution in [3.63, 3.8) is 0 Å². The molecule has 0 aromatic heterocycles. The lowest BCUT2D eigenvalue weighted by atomic mass is 9.87. The number of hydrogen-bond acceptors (Lipinski definition) is 0. The van der Waals surface area contributed by atoms with Gasteiger partial charge in [0.2, 0.25) is 0 Å². The molecule has 14 heteroatoms. The summed E-state index contributed by atoms with van der Waals surface area (Å²) in [6.07, 6.45) is 0. The molecule has 0 aliphatic carbocycles. The van der Waals surface area contributed by atoms with Crippen molar-refractivity contribution in [3.05, 3.63) is 68.6 Å². The summed E-state index contributed by atoms with van der Waals surface area (Å²) in [5.41, 5.74) is -3.88. The number of benzene rings is 2. The first-order valence-electron chi connectivity index (χ1n) is 8.04. The van der Waals surface area contributed by atoms with Crippen LogP contribution in [0.3, 0.4) is 0 Å². The van der Waals surface area contributed by atoms with E-state index in [1.807, 2.05) is 0 Å². The number of alkyl halides is 12. The lowest BCUT2D eigenvalue weighted by molar-refractivity contribution is -0.429. The second kappa shape index (κ2) is 8.10. The van der Waals surface area contributed by atoms with Gasteiger partial charge in [-0.15, -0.1) is 0 Å². The van der Waals surface area contributed by atoms with E-state index in [-0.39, 0.29) is 33.2 Å². The Morgan fingerprint density at radius 2 is 0.594 bits per heavy atom. The Kier molecular flexibility index (Phi) is 6.79. The summed E-state index contributed by atoms with van der Waals surface area (Å²) < 4.78 is 169. The fourth-order valence-corrected chi connectivity index (χ4v) is 3.00. The Balaban J connectivity index is 2.60. The van der Waals surface area contributed by atoms with Gasteiger partial charge < -0.3 is 0 Å². The van der Waals surface area contributed by atoms with Crippen molar-refractivity contribution >= 4 is 31.9 Å². The van der Waals surface area contributed by atoms with Crippen LogP contribution < -0.4 is 0 Å². The third kappa shape index (κ3) is 3.80. The third-order valence-electron chi connectivity index (χ3n) is 4.39. The first kappa shape index (κ1) is 26.8. The van der Waals surface area contributed by atoms with Crippen LogP contribution in [0.5, 0.6) is 0 Å². The molecule has 0 saturated carbocycles. The Hall–Kier alpha value is -1.44. The summed E-state index contributed by atoms with van der Waals surface area (Å²) in [6, 6.07) is 3.19. The normalized spacial score (nSPS) is 14.6. The molecule has 0 unspecified atom stereocenters. The van der Waals surface area contributed by atoms with Crippen molar-refractivity contribution in [2.24, 2.45) is 0 Å². The summed E-state index contributed by atoms with van der Waals surface area (Å²) in [4.78, 5) is 0. The molecule has 2 aromatic carbocycles. The van der Waals surface area contributed by atoms with Crippen LogP contribution in [0.2, 0.25) is 0 Å². The van der Waals surface area contributed by atoms with Crippen molar-refractivity contribution in [3.8, 4) is 0 Å². The summed E-state index contributed by atoms with van der Waals surface area (Å²) >= 11 is 5.44. The van der Waals surface area contributed by atoms with Gasteiger partial charge in [-0.25, -0.2) is 0 Å². The topological polar surface area (TPSA) is 0 Å². The van der Waals surface area contributed by atoms with Gasteiger partial charge in [0.1, 0.15) is 0 Å². The first-order valence-corrected chi connectivity index (χ1v) is 9.62. The van der Waals surface area contributed by atoms with Crippen LogP contribution in [0.1, 0.15) is 11.1 Å². The van der Waals surface area contributed by atoms with E-state index in [0.29, 0.717) is 24.3 Å². The average Bonchev–Trinajstić information content (AvgIpc) is 2.67. The zero-order valence-electron chi connectivity index (χ0n) is 14.9. The Labute approximate surface area is 188 Å². The van der Waals surface area contributed by atoms with E-state index in [9.17, 15) is 52.7 Å². The maximum Gasteiger partial charge on any atom is 0.385 e. The molecule has 0 N–H and O–H groups in total. The van der Waals surface area contributed by atoms with Crippen LogP contribution in [0.15, 0.2) is 57.5 Å². The molecule has 0 saturated heterocycles. The van der Waals surface area contributed by atoms with Crippen LogP contribution in [0.25, 0.3) is 0 Å². The van der Waals surface area contributed by atoms with Crippen molar-refractivity contribution in [1.29, 1.82) is 0 Å². The van der Waals surface area contributed by atoms with Gasteiger partial charge in [0.05, 0.1) is 0 Å². The largest absolute Gasteiger partial charge is 0.385 e. The monoisotopic (exact) mass is 610 g/mol. The van der Waals surface area contributed by atoms with Gasteiger partial charge in [-0.05, 0) is 24.3 Å². The second-order valence-corrected chi connectivity index (χ2v) is 8.29. The quantitative estimate of drug-likeness (QED) is 0.275. The van der Waals surface area contributed by atoms with Crippen LogP contribution >= 0.6 is 31.9 Å². The lowest BCUT2D eigenvalue weighted by Crippen LogP contribution is -2.69. The highest BCUT2D eigenvalue weighted by atomic mass is 79.9. The molecular weight excluding hydrogens is 604 g/mol. The van der Waals surface area contributed by atoms with E-state index >= 15 is 0 Å².